The van der Waals surface area contributed by atoms with Gasteiger partial charge < -0.3 is 10.1 Å². The predicted molar refractivity (Wildman–Crippen MR) is 70.8 cm³/mol. The molecule has 1 fully saturated rings. The highest BCUT2D eigenvalue weighted by atomic mass is 32.2. The van der Waals surface area contributed by atoms with Crippen LogP contribution in [-0.4, -0.2) is 45.7 Å². The SMILES string of the molecule is CO[C@H]1CNCC1NS(=O)(=O)c1ccc([N+](=O)[O-])c(F)c1. The van der Waals surface area contributed by atoms with E-state index in [2.05, 4.69) is 10.0 Å². The summed E-state index contributed by atoms with van der Waals surface area (Å²) in [5.41, 5.74) is -0.772. The predicted octanol–water partition coefficient (Wildman–Crippen LogP) is -0.00100. The van der Waals surface area contributed by atoms with Crippen molar-refractivity contribution in [3.63, 3.8) is 0 Å². The number of methoxy groups -OCH3 is 1. The third-order valence-corrected chi connectivity index (χ3v) is 4.68. The molecule has 21 heavy (non-hydrogen) atoms. The Hall–Kier alpha value is -1.62. The fourth-order valence-electron chi connectivity index (χ4n) is 2.09. The summed E-state index contributed by atoms with van der Waals surface area (Å²) in [6.45, 7) is 0.880. The van der Waals surface area contributed by atoms with Gasteiger partial charge in [-0.3, -0.25) is 10.1 Å². The fraction of sp³-hybridized carbons (Fsp3) is 0.455. The molecule has 10 heteroatoms. The minimum absolute atomic E-state index is 0.331. The van der Waals surface area contributed by atoms with Crippen LogP contribution < -0.4 is 10.0 Å². The minimum Gasteiger partial charge on any atom is -0.378 e. The van der Waals surface area contributed by atoms with Gasteiger partial charge in [0.05, 0.1) is 22.0 Å². The van der Waals surface area contributed by atoms with Crippen LogP contribution in [0.25, 0.3) is 0 Å². The third kappa shape index (κ3) is 3.35. The van der Waals surface area contributed by atoms with Gasteiger partial charge in [-0.1, -0.05) is 0 Å². The number of sulfonamides is 1. The number of benzene rings is 1. The van der Waals surface area contributed by atoms with Crippen molar-refractivity contribution < 1.29 is 22.5 Å². The Bertz CT molecular complexity index is 651. The van der Waals surface area contributed by atoms with Crippen LogP contribution in [0.4, 0.5) is 10.1 Å². The number of nitrogens with zero attached hydrogens (tertiary/aromatic N) is 1. The number of nitro groups is 1. The topological polar surface area (TPSA) is 111 Å². The summed E-state index contributed by atoms with van der Waals surface area (Å²) in [5.74, 6) is -1.20. The summed E-state index contributed by atoms with van der Waals surface area (Å²) in [6, 6.07) is 1.96. The third-order valence-electron chi connectivity index (χ3n) is 3.19. The van der Waals surface area contributed by atoms with Crippen LogP contribution in [0.1, 0.15) is 0 Å². The van der Waals surface area contributed by atoms with E-state index in [0.29, 0.717) is 19.2 Å². The van der Waals surface area contributed by atoms with E-state index in [9.17, 15) is 22.9 Å². The standard InChI is InChI=1S/C11H14FN3O5S/c1-20-11-6-13-5-9(11)14-21(18,19)7-2-3-10(15(16)17)8(12)4-7/h2-4,9,11,13-14H,5-6H2,1H3/t9?,11-/m0/s1. The lowest BCUT2D eigenvalue weighted by molar-refractivity contribution is -0.387. The van der Waals surface area contributed by atoms with Gasteiger partial charge in [-0.25, -0.2) is 13.1 Å². The van der Waals surface area contributed by atoms with E-state index in [1.165, 1.54) is 7.11 Å². The first-order valence-electron chi connectivity index (χ1n) is 6.05. The van der Waals surface area contributed by atoms with E-state index >= 15 is 0 Å². The van der Waals surface area contributed by atoms with Crippen LogP contribution in [0.3, 0.4) is 0 Å². The zero-order chi connectivity index (χ0) is 15.6. The molecule has 1 heterocycles. The molecule has 0 aromatic heterocycles. The molecule has 1 aliphatic heterocycles. The Morgan fingerprint density at radius 3 is 2.76 bits per heavy atom. The van der Waals surface area contributed by atoms with Crippen molar-refractivity contribution in [1.29, 1.82) is 0 Å². The molecule has 1 aliphatic rings. The average molecular weight is 319 g/mol. The molecule has 8 nitrogen and oxygen atoms in total. The Morgan fingerprint density at radius 1 is 1.48 bits per heavy atom. The zero-order valence-corrected chi connectivity index (χ0v) is 11.9. The lowest BCUT2D eigenvalue weighted by Crippen LogP contribution is -2.43. The molecule has 0 saturated carbocycles. The molecule has 2 atom stereocenters. The molecule has 0 amide bonds. The maximum atomic E-state index is 13.5. The number of hydrogen-bond donors (Lipinski definition) is 2. The highest BCUT2D eigenvalue weighted by molar-refractivity contribution is 7.89. The lowest BCUT2D eigenvalue weighted by Gasteiger charge is -2.18. The summed E-state index contributed by atoms with van der Waals surface area (Å²) in [6.07, 6.45) is -0.331. The number of ether oxygens (including phenoxy) is 1. The zero-order valence-electron chi connectivity index (χ0n) is 11.1. The molecule has 116 valence electrons. The summed E-state index contributed by atoms with van der Waals surface area (Å²) in [7, 11) is -2.52. The second kappa shape index (κ2) is 6.02. The molecule has 0 radical (unpaired) electrons. The second-order valence-corrected chi connectivity index (χ2v) is 6.24. The van der Waals surface area contributed by atoms with Crippen molar-refractivity contribution >= 4 is 15.7 Å². The molecular formula is C11H14FN3O5S. The molecule has 2 N–H and O–H groups in total. The Labute approximate surface area is 120 Å². The van der Waals surface area contributed by atoms with E-state index in [0.717, 1.165) is 12.1 Å². The summed E-state index contributed by atoms with van der Waals surface area (Å²) in [5, 5.41) is 13.5. The van der Waals surface area contributed by atoms with E-state index in [1.54, 1.807) is 0 Å². The van der Waals surface area contributed by atoms with E-state index < -0.39 is 32.5 Å². The Balaban J connectivity index is 2.23. The van der Waals surface area contributed by atoms with E-state index in [1.807, 2.05) is 0 Å². The first kappa shape index (κ1) is 15.8. The number of nitrogens with one attached hydrogen (secondary N) is 2. The van der Waals surface area contributed by atoms with Crippen molar-refractivity contribution in [2.24, 2.45) is 0 Å². The molecule has 0 spiro atoms. The van der Waals surface area contributed by atoms with Crippen molar-refractivity contribution in [2.75, 3.05) is 20.2 Å². The molecule has 1 unspecified atom stereocenters. The van der Waals surface area contributed by atoms with Crippen LogP contribution >= 0.6 is 0 Å². The summed E-state index contributed by atoms with van der Waals surface area (Å²) < 4.78 is 45.3. The highest BCUT2D eigenvalue weighted by Gasteiger charge is 2.31. The number of nitro benzene ring substituents is 1. The van der Waals surface area contributed by atoms with Crippen LogP contribution in [0.15, 0.2) is 23.1 Å². The Morgan fingerprint density at radius 2 is 2.19 bits per heavy atom. The van der Waals surface area contributed by atoms with Crippen LogP contribution in [0.5, 0.6) is 0 Å². The van der Waals surface area contributed by atoms with Gasteiger partial charge in [0.2, 0.25) is 15.8 Å². The van der Waals surface area contributed by atoms with Crippen LogP contribution in [-0.2, 0) is 14.8 Å². The highest BCUT2D eigenvalue weighted by Crippen LogP contribution is 2.21. The van der Waals surface area contributed by atoms with Gasteiger partial charge in [0.1, 0.15) is 0 Å². The molecule has 0 bridgehead atoms. The molecular weight excluding hydrogens is 305 g/mol. The first-order valence-corrected chi connectivity index (χ1v) is 7.53. The maximum Gasteiger partial charge on any atom is 0.304 e. The lowest BCUT2D eigenvalue weighted by atomic mass is 10.2. The number of hydrogen-bond acceptors (Lipinski definition) is 6. The van der Waals surface area contributed by atoms with E-state index in [-0.39, 0.29) is 11.0 Å². The van der Waals surface area contributed by atoms with Gasteiger partial charge in [-0.15, -0.1) is 0 Å². The second-order valence-electron chi connectivity index (χ2n) is 4.53. The maximum absolute atomic E-state index is 13.5. The van der Waals surface area contributed by atoms with Crippen molar-refractivity contribution in [3.05, 3.63) is 34.1 Å². The van der Waals surface area contributed by atoms with Crippen molar-refractivity contribution in [1.82, 2.24) is 10.0 Å². The van der Waals surface area contributed by atoms with Gasteiger partial charge in [0.15, 0.2) is 0 Å². The van der Waals surface area contributed by atoms with Gasteiger partial charge >= 0.3 is 5.69 Å². The molecule has 1 saturated heterocycles. The smallest absolute Gasteiger partial charge is 0.304 e. The Kier molecular flexibility index (Phi) is 4.52. The van der Waals surface area contributed by atoms with Gasteiger partial charge in [-0.05, 0) is 6.07 Å². The molecule has 0 aliphatic carbocycles. The van der Waals surface area contributed by atoms with Crippen molar-refractivity contribution in [3.8, 4) is 0 Å². The number of halogens is 1. The quantitative estimate of drug-likeness (QED) is 0.584. The monoisotopic (exact) mass is 319 g/mol. The summed E-state index contributed by atoms with van der Waals surface area (Å²) in [4.78, 5) is 9.24. The van der Waals surface area contributed by atoms with Gasteiger partial charge in [0.25, 0.3) is 0 Å². The normalized spacial score (nSPS) is 22.4. The van der Waals surface area contributed by atoms with Gasteiger partial charge in [-0.2, -0.15) is 4.39 Å². The fourth-order valence-corrected chi connectivity index (χ4v) is 3.37. The largest absolute Gasteiger partial charge is 0.378 e. The molecule has 1 aromatic carbocycles. The first-order chi connectivity index (χ1) is 9.85. The molecule has 2 rings (SSSR count). The van der Waals surface area contributed by atoms with E-state index in [4.69, 9.17) is 4.74 Å². The van der Waals surface area contributed by atoms with Crippen LogP contribution in [0.2, 0.25) is 0 Å². The van der Waals surface area contributed by atoms with Crippen molar-refractivity contribution in [2.45, 2.75) is 17.0 Å². The average Bonchev–Trinajstić information content (AvgIpc) is 2.84. The number of rotatable bonds is 5. The molecule has 1 aromatic rings. The summed E-state index contributed by atoms with van der Waals surface area (Å²) >= 11 is 0. The minimum atomic E-state index is -3.98. The van der Waals surface area contributed by atoms with Gasteiger partial charge in [0, 0.05) is 32.3 Å². The van der Waals surface area contributed by atoms with Crippen LogP contribution in [0, 0.1) is 15.9 Å².